The van der Waals surface area contributed by atoms with Crippen LogP contribution in [0.25, 0.3) is 0 Å². The van der Waals surface area contributed by atoms with Gasteiger partial charge >= 0.3 is 0 Å². The lowest BCUT2D eigenvalue weighted by atomic mass is 10.1. The van der Waals surface area contributed by atoms with Crippen molar-refractivity contribution in [3.63, 3.8) is 0 Å². The van der Waals surface area contributed by atoms with Gasteiger partial charge in [-0.25, -0.2) is 0 Å². The molecule has 0 unspecified atom stereocenters. The van der Waals surface area contributed by atoms with Crippen molar-refractivity contribution in [3.8, 4) is 6.07 Å². The van der Waals surface area contributed by atoms with Gasteiger partial charge in [-0.15, -0.1) is 11.8 Å². The van der Waals surface area contributed by atoms with E-state index < -0.39 is 0 Å². The highest BCUT2D eigenvalue weighted by Gasteiger charge is 2.11. The summed E-state index contributed by atoms with van der Waals surface area (Å²) in [4.78, 5) is 26.7. The van der Waals surface area contributed by atoms with Crippen LogP contribution in [0.3, 0.4) is 0 Å². The van der Waals surface area contributed by atoms with Crippen LogP contribution in [0.4, 0.5) is 11.4 Å². The molecule has 0 aliphatic heterocycles. The number of benzene rings is 2. The molecular formula is C20H22N4O2S. The maximum Gasteiger partial charge on any atom is 0.243 e. The first-order chi connectivity index (χ1) is 13.0. The van der Waals surface area contributed by atoms with Crippen LogP contribution in [-0.2, 0) is 16.0 Å². The van der Waals surface area contributed by atoms with E-state index in [9.17, 15) is 9.59 Å². The average molecular weight is 382 g/mol. The first-order valence-corrected chi connectivity index (χ1v) is 9.40. The summed E-state index contributed by atoms with van der Waals surface area (Å²) in [5.74, 6) is 0.115. The normalized spacial score (nSPS) is 9.96. The summed E-state index contributed by atoms with van der Waals surface area (Å²) in [6.07, 6.45) is 0.269. The standard InChI is InChI=1S/C20H22N4O2S/c1-24(2)20(26)13-15-7-3-4-8-16(15)22-14-19(25)23-17-9-5-6-10-18(17)27-12-11-21/h3-10,22H,12-14H2,1-2H3,(H,23,25). The molecule has 2 aromatic carbocycles. The van der Waals surface area contributed by atoms with Gasteiger partial charge in [0.25, 0.3) is 0 Å². The van der Waals surface area contributed by atoms with Gasteiger partial charge in [0.1, 0.15) is 0 Å². The SMILES string of the molecule is CN(C)C(=O)Cc1ccccc1NCC(=O)Nc1ccccc1SCC#N. The minimum absolute atomic E-state index is 0.00264. The number of hydrogen-bond acceptors (Lipinski definition) is 5. The minimum Gasteiger partial charge on any atom is -0.376 e. The quantitative estimate of drug-likeness (QED) is 0.686. The van der Waals surface area contributed by atoms with E-state index in [-0.39, 0.29) is 24.8 Å². The number of carbonyl (C=O) groups is 2. The van der Waals surface area contributed by atoms with E-state index in [4.69, 9.17) is 5.26 Å². The molecule has 2 amide bonds. The fraction of sp³-hybridized carbons (Fsp3) is 0.250. The van der Waals surface area contributed by atoms with Crippen LogP contribution >= 0.6 is 11.8 Å². The van der Waals surface area contributed by atoms with Gasteiger partial charge in [0.05, 0.1) is 30.5 Å². The molecule has 2 rings (SSSR count). The Morgan fingerprint density at radius 2 is 1.74 bits per heavy atom. The zero-order valence-corrected chi connectivity index (χ0v) is 16.2. The van der Waals surface area contributed by atoms with Crippen LogP contribution in [0.1, 0.15) is 5.56 Å². The lowest BCUT2D eigenvalue weighted by Gasteiger charge is -2.15. The van der Waals surface area contributed by atoms with Gasteiger partial charge in [0.15, 0.2) is 0 Å². The van der Waals surface area contributed by atoms with Crippen LogP contribution in [0.2, 0.25) is 0 Å². The van der Waals surface area contributed by atoms with E-state index in [1.54, 1.807) is 25.1 Å². The zero-order valence-electron chi connectivity index (χ0n) is 15.4. The molecule has 0 bridgehead atoms. The second kappa shape index (κ2) is 10.2. The molecule has 27 heavy (non-hydrogen) atoms. The molecule has 0 saturated heterocycles. The Bertz CT molecular complexity index is 846. The highest BCUT2D eigenvalue weighted by molar-refractivity contribution is 7.99. The highest BCUT2D eigenvalue weighted by atomic mass is 32.2. The Balaban J connectivity index is 1.99. The van der Waals surface area contributed by atoms with Crippen molar-refractivity contribution < 1.29 is 9.59 Å². The zero-order chi connectivity index (χ0) is 19.6. The number of thioether (sulfide) groups is 1. The van der Waals surface area contributed by atoms with Crippen molar-refractivity contribution in [2.45, 2.75) is 11.3 Å². The molecule has 0 atom stereocenters. The number of nitrogens with zero attached hydrogens (tertiary/aromatic N) is 2. The van der Waals surface area contributed by atoms with Crippen LogP contribution in [-0.4, -0.2) is 43.1 Å². The molecule has 2 N–H and O–H groups in total. The molecule has 6 nitrogen and oxygen atoms in total. The minimum atomic E-state index is -0.200. The molecule has 7 heteroatoms. The van der Waals surface area contributed by atoms with Crippen molar-refractivity contribution in [1.29, 1.82) is 5.26 Å². The van der Waals surface area contributed by atoms with Gasteiger partial charge in [0, 0.05) is 24.7 Å². The van der Waals surface area contributed by atoms with Crippen molar-refractivity contribution in [1.82, 2.24) is 4.90 Å². The summed E-state index contributed by atoms with van der Waals surface area (Å²) >= 11 is 1.38. The molecule has 0 aliphatic carbocycles. The van der Waals surface area contributed by atoms with Gasteiger partial charge in [0.2, 0.25) is 11.8 Å². The first kappa shape index (κ1) is 20.3. The van der Waals surface area contributed by atoms with Gasteiger partial charge in [-0.1, -0.05) is 30.3 Å². The van der Waals surface area contributed by atoms with Crippen molar-refractivity contribution >= 4 is 35.0 Å². The number of carbonyl (C=O) groups excluding carboxylic acids is 2. The van der Waals surface area contributed by atoms with E-state index in [0.29, 0.717) is 11.4 Å². The van der Waals surface area contributed by atoms with Gasteiger partial charge in [-0.2, -0.15) is 5.26 Å². The second-order valence-corrected chi connectivity index (χ2v) is 6.98. The maximum atomic E-state index is 12.3. The lowest BCUT2D eigenvalue weighted by Crippen LogP contribution is -2.25. The molecule has 0 fully saturated rings. The highest BCUT2D eigenvalue weighted by Crippen LogP contribution is 2.26. The number of anilines is 2. The number of likely N-dealkylation sites (N-methyl/N-ethyl adjacent to an activating group) is 1. The van der Waals surface area contributed by atoms with Gasteiger partial charge in [-0.3, -0.25) is 9.59 Å². The summed E-state index contributed by atoms with van der Waals surface area (Å²) in [7, 11) is 3.43. The van der Waals surface area contributed by atoms with E-state index in [2.05, 4.69) is 16.7 Å². The third kappa shape index (κ3) is 6.35. The van der Waals surface area contributed by atoms with Crippen molar-refractivity contribution in [3.05, 3.63) is 54.1 Å². The number of nitriles is 1. The van der Waals surface area contributed by atoms with E-state index in [1.165, 1.54) is 11.8 Å². The predicted molar refractivity (Wildman–Crippen MR) is 109 cm³/mol. The molecule has 140 valence electrons. The molecular weight excluding hydrogens is 360 g/mol. The second-order valence-electron chi connectivity index (χ2n) is 5.97. The number of hydrogen-bond donors (Lipinski definition) is 2. The summed E-state index contributed by atoms with van der Waals surface area (Å²) in [5, 5.41) is 14.7. The molecule has 0 heterocycles. The van der Waals surface area contributed by atoms with Gasteiger partial charge < -0.3 is 15.5 Å². The smallest absolute Gasteiger partial charge is 0.243 e. The third-order valence-corrected chi connectivity index (χ3v) is 4.69. The fourth-order valence-corrected chi connectivity index (χ4v) is 3.01. The molecule has 2 aromatic rings. The Morgan fingerprint density at radius 3 is 2.44 bits per heavy atom. The predicted octanol–water partition coefficient (Wildman–Crippen LogP) is 2.98. The summed E-state index contributed by atoms with van der Waals surface area (Å²) in [6, 6.07) is 16.9. The summed E-state index contributed by atoms with van der Waals surface area (Å²) in [6.45, 7) is 0.0738. The molecule has 0 aliphatic rings. The van der Waals surface area contributed by atoms with Crippen LogP contribution < -0.4 is 10.6 Å². The molecule has 0 spiro atoms. The van der Waals surface area contributed by atoms with Crippen LogP contribution in [0, 0.1) is 11.3 Å². The number of rotatable bonds is 8. The van der Waals surface area contributed by atoms with E-state index in [0.717, 1.165) is 16.1 Å². The molecule has 0 saturated carbocycles. The monoisotopic (exact) mass is 382 g/mol. The van der Waals surface area contributed by atoms with Crippen LogP contribution in [0.15, 0.2) is 53.4 Å². The van der Waals surface area contributed by atoms with Crippen molar-refractivity contribution in [2.24, 2.45) is 0 Å². The molecule has 0 aromatic heterocycles. The Morgan fingerprint density at radius 1 is 1.07 bits per heavy atom. The summed E-state index contributed by atoms with van der Waals surface area (Å²) < 4.78 is 0. The summed E-state index contributed by atoms with van der Waals surface area (Å²) in [5.41, 5.74) is 2.28. The van der Waals surface area contributed by atoms with E-state index >= 15 is 0 Å². The first-order valence-electron chi connectivity index (χ1n) is 8.42. The third-order valence-electron chi connectivity index (χ3n) is 3.75. The van der Waals surface area contributed by atoms with Crippen LogP contribution in [0.5, 0.6) is 0 Å². The topological polar surface area (TPSA) is 85.2 Å². The van der Waals surface area contributed by atoms with Crippen molar-refractivity contribution in [2.75, 3.05) is 37.0 Å². The Hall–Kier alpha value is -2.98. The number of para-hydroxylation sites is 2. The average Bonchev–Trinajstić information content (AvgIpc) is 2.66. The molecule has 0 radical (unpaired) electrons. The maximum absolute atomic E-state index is 12.3. The number of amides is 2. The largest absolute Gasteiger partial charge is 0.376 e. The number of nitrogens with one attached hydrogen (secondary N) is 2. The fourth-order valence-electron chi connectivity index (χ4n) is 2.34. The van der Waals surface area contributed by atoms with E-state index in [1.807, 2.05) is 42.5 Å². The van der Waals surface area contributed by atoms with Gasteiger partial charge in [-0.05, 0) is 23.8 Å². The Labute approximate surface area is 163 Å². The lowest BCUT2D eigenvalue weighted by molar-refractivity contribution is -0.127. The Kier molecular flexibility index (Phi) is 7.71.